The van der Waals surface area contributed by atoms with Gasteiger partial charge in [-0.05, 0) is 56.1 Å². The monoisotopic (exact) mass is 403 g/mol. The highest BCUT2D eigenvalue weighted by Crippen LogP contribution is 2.36. The molecule has 0 saturated carbocycles. The number of aromatic nitrogens is 4. The molecule has 0 unspecified atom stereocenters. The van der Waals surface area contributed by atoms with E-state index < -0.39 is 0 Å². The Morgan fingerprint density at radius 1 is 1.20 bits per heavy atom. The number of rotatable bonds is 6. The van der Waals surface area contributed by atoms with Crippen molar-refractivity contribution < 1.29 is 4.74 Å². The minimum absolute atomic E-state index is 0.272. The van der Waals surface area contributed by atoms with Crippen LogP contribution in [-0.2, 0) is 0 Å². The molecule has 1 aliphatic rings. The van der Waals surface area contributed by atoms with Gasteiger partial charge in [0, 0.05) is 11.6 Å². The van der Waals surface area contributed by atoms with Crippen molar-refractivity contribution in [3.8, 4) is 23.1 Å². The number of nitrogens with zero attached hydrogens (tertiary/aromatic N) is 5. The number of anilines is 2. The van der Waals surface area contributed by atoms with Crippen LogP contribution in [0.5, 0.6) is 5.75 Å². The van der Waals surface area contributed by atoms with Crippen molar-refractivity contribution in [1.29, 1.82) is 5.26 Å². The number of nitrogens with one attached hydrogen (secondary N) is 2. The van der Waals surface area contributed by atoms with Crippen LogP contribution in [0.1, 0.15) is 36.9 Å². The van der Waals surface area contributed by atoms with Gasteiger partial charge in [0.05, 0.1) is 25.2 Å². The first-order chi connectivity index (χ1) is 14.7. The minimum atomic E-state index is 0.272. The predicted octanol–water partition coefficient (Wildman–Crippen LogP) is 3.69. The van der Waals surface area contributed by atoms with Gasteiger partial charge in [0.25, 0.3) is 0 Å². The van der Waals surface area contributed by atoms with Gasteiger partial charge in [-0.3, -0.25) is 5.10 Å². The highest BCUT2D eigenvalue weighted by Gasteiger charge is 2.21. The molecule has 0 radical (unpaired) electrons. The largest absolute Gasteiger partial charge is 0.496 e. The molecule has 4 rings (SSSR count). The van der Waals surface area contributed by atoms with Crippen LogP contribution >= 0.6 is 0 Å². The third kappa shape index (κ3) is 4.26. The van der Waals surface area contributed by atoms with Crippen molar-refractivity contribution >= 4 is 11.6 Å². The summed E-state index contributed by atoms with van der Waals surface area (Å²) in [5.74, 6) is 2.54. The van der Waals surface area contributed by atoms with Crippen LogP contribution in [0, 0.1) is 11.3 Å². The summed E-state index contributed by atoms with van der Waals surface area (Å²) < 4.78 is 5.70. The van der Waals surface area contributed by atoms with Gasteiger partial charge in [0.1, 0.15) is 17.6 Å². The zero-order chi connectivity index (χ0) is 20.9. The first-order valence-electron chi connectivity index (χ1n) is 10.2. The second-order valence-corrected chi connectivity index (χ2v) is 7.36. The Balaban J connectivity index is 1.50. The molecular formula is C22H25N7O. The molecule has 1 aromatic carbocycles. The van der Waals surface area contributed by atoms with Crippen molar-refractivity contribution in [1.82, 2.24) is 25.1 Å². The number of nitriles is 1. The van der Waals surface area contributed by atoms with Gasteiger partial charge in [0.2, 0.25) is 0 Å². The number of benzene rings is 1. The summed E-state index contributed by atoms with van der Waals surface area (Å²) in [4.78, 5) is 10.7. The fourth-order valence-electron chi connectivity index (χ4n) is 3.87. The molecule has 0 atom stereocenters. The molecular weight excluding hydrogens is 378 g/mol. The molecule has 3 heterocycles. The van der Waals surface area contributed by atoms with E-state index >= 15 is 0 Å². The van der Waals surface area contributed by atoms with E-state index in [1.54, 1.807) is 7.11 Å². The molecule has 0 bridgehead atoms. The lowest BCUT2D eigenvalue weighted by Crippen LogP contribution is -2.32. The molecule has 0 aliphatic carbocycles. The maximum absolute atomic E-state index is 8.82. The summed E-state index contributed by atoms with van der Waals surface area (Å²) in [6.07, 6.45) is 5.29. The van der Waals surface area contributed by atoms with Gasteiger partial charge in [0.15, 0.2) is 11.5 Å². The summed E-state index contributed by atoms with van der Waals surface area (Å²) in [5, 5.41) is 19.3. The smallest absolute Gasteiger partial charge is 0.158 e. The van der Waals surface area contributed by atoms with Gasteiger partial charge in [-0.25, -0.2) is 9.97 Å². The van der Waals surface area contributed by atoms with E-state index in [2.05, 4.69) is 55.5 Å². The lowest BCUT2D eigenvalue weighted by Gasteiger charge is -2.31. The average Bonchev–Trinajstić information content (AvgIpc) is 3.27. The number of H-pyrrole nitrogens is 1. The Morgan fingerprint density at radius 3 is 2.70 bits per heavy atom. The van der Waals surface area contributed by atoms with E-state index in [1.807, 2.05) is 12.1 Å². The van der Waals surface area contributed by atoms with Crippen LogP contribution in [0.2, 0.25) is 0 Å². The molecule has 30 heavy (non-hydrogen) atoms. The van der Waals surface area contributed by atoms with Crippen molar-refractivity contribution in [2.24, 2.45) is 0 Å². The molecule has 2 N–H and O–H groups in total. The van der Waals surface area contributed by atoms with Crippen LogP contribution in [0.25, 0.3) is 11.3 Å². The van der Waals surface area contributed by atoms with Crippen LogP contribution in [-0.4, -0.2) is 51.8 Å². The van der Waals surface area contributed by atoms with Crippen molar-refractivity contribution in [3.05, 3.63) is 47.9 Å². The summed E-state index contributed by atoms with van der Waals surface area (Å²) in [7, 11) is 1.70. The van der Waals surface area contributed by atoms with E-state index in [-0.39, 0.29) is 5.69 Å². The predicted molar refractivity (Wildman–Crippen MR) is 115 cm³/mol. The van der Waals surface area contributed by atoms with E-state index in [0.717, 1.165) is 36.6 Å². The summed E-state index contributed by atoms with van der Waals surface area (Å²) in [5.41, 5.74) is 3.41. The highest BCUT2D eigenvalue weighted by molar-refractivity contribution is 5.71. The maximum Gasteiger partial charge on any atom is 0.158 e. The quantitative estimate of drug-likeness (QED) is 0.647. The molecule has 1 aliphatic heterocycles. The lowest BCUT2D eigenvalue weighted by atomic mass is 9.88. The summed E-state index contributed by atoms with van der Waals surface area (Å²) >= 11 is 0. The molecule has 8 nitrogen and oxygen atoms in total. The first-order valence-corrected chi connectivity index (χ1v) is 10.2. The zero-order valence-corrected chi connectivity index (χ0v) is 17.2. The molecule has 0 spiro atoms. The van der Waals surface area contributed by atoms with Crippen LogP contribution in [0.4, 0.5) is 11.6 Å². The normalized spacial score (nSPS) is 15.0. The highest BCUT2D eigenvalue weighted by atomic mass is 16.5. The molecule has 1 fully saturated rings. The number of likely N-dealkylation sites (tertiary alicyclic amines) is 1. The van der Waals surface area contributed by atoms with Crippen LogP contribution < -0.4 is 10.1 Å². The van der Waals surface area contributed by atoms with Gasteiger partial charge >= 0.3 is 0 Å². The van der Waals surface area contributed by atoms with E-state index in [0.29, 0.717) is 17.6 Å². The number of aromatic amines is 1. The fourth-order valence-corrected chi connectivity index (χ4v) is 3.87. The Bertz CT molecular complexity index is 1030. The van der Waals surface area contributed by atoms with E-state index in [4.69, 9.17) is 10.00 Å². The number of ether oxygens (including phenoxy) is 1. The van der Waals surface area contributed by atoms with Crippen molar-refractivity contribution in [2.45, 2.75) is 25.7 Å². The minimum Gasteiger partial charge on any atom is -0.496 e. The Hall–Kier alpha value is -3.44. The topological polar surface area (TPSA) is 103 Å². The van der Waals surface area contributed by atoms with Crippen molar-refractivity contribution in [3.63, 3.8) is 0 Å². The molecule has 1 saturated heterocycles. The standard InChI is InChI=1S/C22H25N7O/c1-3-29-8-6-15(7-9-29)16-4-5-18(20(10-16)30-2)19-11-21(28-27-19)26-22-14-24-17(12-23)13-25-22/h4-5,10-11,13-15H,3,6-9H2,1-2H3,(H2,25,26,27,28). The second-order valence-electron chi connectivity index (χ2n) is 7.36. The SMILES string of the molecule is CCN1CCC(c2ccc(-c3cc(Nc4cnc(C#N)cn4)n[nH]3)c(OC)c2)CC1. The average molecular weight is 403 g/mol. The van der Waals surface area contributed by atoms with Crippen LogP contribution in [0.3, 0.4) is 0 Å². The van der Waals surface area contributed by atoms with E-state index in [1.165, 1.54) is 30.8 Å². The number of methoxy groups -OCH3 is 1. The van der Waals surface area contributed by atoms with Gasteiger partial charge in [-0.1, -0.05) is 13.0 Å². The number of piperidine rings is 1. The molecule has 2 aromatic heterocycles. The fraction of sp³-hybridized carbons (Fsp3) is 0.364. The Morgan fingerprint density at radius 2 is 2.03 bits per heavy atom. The maximum atomic E-state index is 8.82. The number of hydrogen-bond acceptors (Lipinski definition) is 7. The molecule has 154 valence electrons. The van der Waals surface area contributed by atoms with Crippen LogP contribution in [0.15, 0.2) is 36.7 Å². The van der Waals surface area contributed by atoms with Crippen molar-refractivity contribution in [2.75, 3.05) is 32.1 Å². The Kier molecular flexibility index (Phi) is 5.91. The second kappa shape index (κ2) is 8.93. The van der Waals surface area contributed by atoms with Gasteiger partial charge in [-0.2, -0.15) is 10.4 Å². The summed E-state index contributed by atoms with van der Waals surface area (Å²) in [6, 6.07) is 10.3. The first kappa shape index (κ1) is 19.9. The third-order valence-corrected chi connectivity index (χ3v) is 5.62. The van der Waals surface area contributed by atoms with Gasteiger partial charge < -0.3 is 15.0 Å². The number of hydrogen-bond donors (Lipinski definition) is 2. The Labute approximate surface area is 175 Å². The summed E-state index contributed by atoms with van der Waals surface area (Å²) in [6.45, 7) is 5.65. The third-order valence-electron chi connectivity index (χ3n) is 5.62. The van der Waals surface area contributed by atoms with Gasteiger partial charge in [-0.15, -0.1) is 0 Å². The van der Waals surface area contributed by atoms with E-state index in [9.17, 15) is 0 Å². The molecule has 8 heteroatoms. The molecule has 3 aromatic rings. The lowest BCUT2D eigenvalue weighted by molar-refractivity contribution is 0.222. The zero-order valence-electron chi connectivity index (χ0n) is 17.2. The molecule has 0 amide bonds.